The summed E-state index contributed by atoms with van der Waals surface area (Å²) in [4.78, 5) is 36.3. The zero-order valence-electron chi connectivity index (χ0n) is 13.5. The van der Waals surface area contributed by atoms with Gasteiger partial charge in [0.15, 0.2) is 0 Å². The van der Waals surface area contributed by atoms with Gasteiger partial charge in [-0.2, -0.15) is 0 Å². The van der Waals surface area contributed by atoms with Gasteiger partial charge in [0.05, 0.1) is 30.8 Å². The van der Waals surface area contributed by atoms with E-state index in [1.807, 2.05) is 0 Å². The normalized spacial score (nSPS) is 14.1. The summed E-state index contributed by atoms with van der Waals surface area (Å²) in [6.45, 7) is 1.27. The number of hydrogen-bond donors (Lipinski definition) is 2. The molecule has 0 atom stereocenters. The minimum atomic E-state index is -0.739. The predicted octanol–water partition coefficient (Wildman–Crippen LogP) is 1.23. The van der Waals surface area contributed by atoms with E-state index in [1.165, 1.54) is 17.0 Å². The van der Waals surface area contributed by atoms with E-state index in [2.05, 4.69) is 10.1 Å². The first-order valence-corrected chi connectivity index (χ1v) is 7.61. The number of carbonyl (C=O) groups excluding carboxylic acids is 2. The van der Waals surface area contributed by atoms with Gasteiger partial charge < -0.3 is 20.1 Å². The summed E-state index contributed by atoms with van der Waals surface area (Å²) < 4.78 is 4.66. The van der Waals surface area contributed by atoms with E-state index in [4.69, 9.17) is 16.7 Å². The van der Waals surface area contributed by atoms with E-state index in [0.29, 0.717) is 5.56 Å². The Hall–Kier alpha value is -2.65. The number of anilines is 1. The molecule has 0 saturated heterocycles. The van der Waals surface area contributed by atoms with Gasteiger partial charge in [-0.25, -0.2) is 4.79 Å². The first kappa shape index (κ1) is 18.7. The van der Waals surface area contributed by atoms with Gasteiger partial charge in [-0.1, -0.05) is 11.6 Å². The Morgan fingerprint density at radius 3 is 2.76 bits per heavy atom. The fourth-order valence-electron chi connectivity index (χ4n) is 2.40. The zero-order chi connectivity index (χ0) is 18.7. The maximum Gasteiger partial charge on any atom is 0.337 e. The third-order valence-corrected chi connectivity index (χ3v) is 4.09. The van der Waals surface area contributed by atoms with E-state index in [-0.39, 0.29) is 47.4 Å². The molecule has 0 unspecified atom stereocenters. The zero-order valence-corrected chi connectivity index (χ0v) is 14.3. The highest BCUT2D eigenvalue weighted by Gasteiger charge is 2.35. The Balaban J connectivity index is 2.48. The number of halogens is 1. The number of nitro benzene ring substituents is 1. The fourth-order valence-corrected chi connectivity index (χ4v) is 2.56. The van der Waals surface area contributed by atoms with E-state index in [0.717, 1.165) is 7.11 Å². The molecule has 25 heavy (non-hydrogen) atoms. The number of amides is 1. The summed E-state index contributed by atoms with van der Waals surface area (Å²) in [7, 11) is 1.16. The molecule has 2 N–H and O–H groups in total. The molecule has 0 spiro atoms. The molecule has 0 aromatic heterocycles. The molecular weight excluding hydrogens is 354 g/mol. The quantitative estimate of drug-likeness (QED) is 0.439. The van der Waals surface area contributed by atoms with Crippen molar-refractivity contribution in [2.24, 2.45) is 0 Å². The van der Waals surface area contributed by atoms with Gasteiger partial charge in [-0.3, -0.25) is 14.9 Å². The largest absolute Gasteiger partial charge is 0.466 e. The number of nitrogens with zero attached hydrogens (tertiary/aromatic N) is 2. The molecule has 1 amide bonds. The van der Waals surface area contributed by atoms with Crippen molar-refractivity contribution in [3.8, 4) is 0 Å². The summed E-state index contributed by atoms with van der Waals surface area (Å²) in [6.07, 6.45) is 0. The number of ether oxygens (including phenoxy) is 1. The van der Waals surface area contributed by atoms with Gasteiger partial charge in [0.2, 0.25) is 0 Å². The third-order valence-electron chi connectivity index (χ3n) is 3.69. The van der Waals surface area contributed by atoms with E-state index < -0.39 is 16.8 Å². The molecule has 2 rings (SSSR count). The van der Waals surface area contributed by atoms with Gasteiger partial charge in [0.1, 0.15) is 11.4 Å². The van der Waals surface area contributed by atoms with Crippen molar-refractivity contribution in [1.82, 2.24) is 4.90 Å². The molecule has 0 saturated carbocycles. The Labute approximate surface area is 148 Å². The second-order valence-electron chi connectivity index (χ2n) is 5.30. The lowest BCUT2D eigenvalue weighted by molar-refractivity contribution is -0.384. The number of β-amino-alcohol motifs (C(OH)–C–C–N with tert-alkyl or cyclic N) is 1. The Morgan fingerprint density at radius 1 is 1.52 bits per heavy atom. The second-order valence-corrected chi connectivity index (χ2v) is 5.70. The van der Waals surface area contributed by atoms with Crippen molar-refractivity contribution in [3.05, 3.63) is 44.1 Å². The minimum Gasteiger partial charge on any atom is -0.466 e. The number of aliphatic hydroxyl groups is 1. The van der Waals surface area contributed by atoms with Crippen LogP contribution in [0.25, 0.3) is 0 Å². The highest BCUT2D eigenvalue weighted by Crippen LogP contribution is 2.33. The number of methoxy groups -OCH3 is 1. The SMILES string of the molecule is COC(=O)C1=C(Nc2cc(Cl)c(C)cc2[N+](=O)[O-])C(=O)N(CCO)C1. The molecule has 0 bridgehead atoms. The summed E-state index contributed by atoms with van der Waals surface area (Å²) >= 11 is 6.02. The highest BCUT2D eigenvalue weighted by molar-refractivity contribution is 6.31. The Kier molecular flexibility index (Phi) is 5.60. The first-order valence-electron chi connectivity index (χ1n) is 7.23. The van der Waals surface area contributed by atoms with Gasteiger partial charge in [0.25, 0.3) is 11.6 Å². The molecule has 9 nitrogen and oxygen atoms in total. The van der Waals surface area contributed by atoms with Gasteiger partial charge in [0, 0.05) is 17.6 Å². The molecule has 0 fully saturated rings. The van der Waals surface area contributed by atoms with Crippen LogP contribution in [0.1, 0.15) is 5.56 Å². The van der Waals surface area contributed by atoms with Crippen LogP contribution in [0.5, 0.6) is 0 Å². The molecule has 0 aliphatic carbocycles. The topological polar surface area (TPSA) is 122 Å². The summed E-state index contributed by atoms with van der Waals surface area (Å²) in [5.74, 6) is -1.31. The lowest BCUT2D eigenvalue weighted by atomic mass is 10.1. The van der Waals surface area contributed by atoms with Crippen LogP contribution in [0.3, 0.4) is 0 Å². The molecule has 134 valence electrons. The van der Waals surface area contributed by atoms with E-state index in [1.54, 1.807) is 6.92 Å². The van der Waals surface area contributed by atoms with Crippen LogP contribution in [0.15, 0.2) is 23.4 Å². The maximum atomic E-state index is 12.4. The fraction of sp³-hybridized carbons (Fsp3) is 0.333. The smallest absolute Gasteiger partial charge is 0.337 e. The summed E-state index contributed by atoms with van der Waals surface area (Å²) in [5, 5.41) is 23.2. The molecule has 1 aliphatic heterocycles. The van der Waals surface area contributed by atoms with Crippen LogP contribution in [-0.2, 0) is 14.3 Å². The number of benzene rings is 1. The highest BCUT2D eigenvalue weighted by atomic mass is 35.5. The minimum absolute atomic E-state index is 0.0151. The van der Waals surface area contributed by atoms with Gasteiger partial charge in [-0.15, -0.1) is 0 Å². The van der Waals surface area contributed by atoms with Crippen molar-refractivity contribution < 1.29 is 24.4 Å². The molecule has 1 aromatic carbocycles. The number of esters is 1. The molecule has 10 heteroatoms. The average Bonchev–Trinajstić information content (AvgIpc) is 2.87. The predicted molar refractivity (Wildman–Crippen MR) is 89.2 cm³/mol. The Morgan fingerprint density at radius 2 is 2.20 bits per heavy atom. The van der Waals surface area contributed by atoms with Crippen molar-refractivity contribution in [3.63, 3.8) is 0 Å². The number of nitrogens with one attached hydrogen (secondary N) is 1. The van der Waals surface area contributed by atoms with Gasteiger partial charge >= 0.3 is 5.97 Å². The molecule has 1 aliphatic rings. The first-order chi connectivity index (χ1) is 11.8. The molecule has 1 heterocycles. The molecule has 1 aromatic rings. The number of nitro groups is 1. The number of carbonyl (C=O) groups is 2. The van der Waals surface area contributed by atoms with Crippen LogP contribution in [0, 0.1) is 17.0 Å². The summed E-state index contributed by atoms with van der Waals surface area (Å²) in [5.41, 5.74) is 0.0826. The van der Waals surface area contributed by atoms with Crippen molar-refractivity contribution in [2.45, 2.75) is 6.92 Å². The number of hydrogen-bond acceptors (Lipinski definition) is 7. The molecular formula is C15H16ClN3O6. The summed E-state index contributed by atoms with van der Waals surface area (Å²) in [6, 6.07) is 2.59. The Bertz CT molecular complexity index is 777. The van der Waals surface area contributed by atoms with Gasteiger partial charge in [-0.05, 0) is 18.6 Å². The molecule has 0 radical (unpaired) electrons. The van der Waals surface area contributed by atoms with Crippen LogP contribution in [0.2, 0.25) is 5.02 Å². The standard InChI is InChI=1S/C15H16ClN3O6/c1-8-5-12(19(23)24)11(6-10(8)16)17-13-9(15(22)25-2)7-18(3-4-20)14(13)21/h5-6,17,20H,3-4,7H2,1-2H3. The lowest BCUT2D eigenvalue weighted by Gasteiger charge is -2.15. The van der Waals surface area contributed by atoms with Crippen LogP contribution < -0.4 is 5.32 Å². The maximum absolute atomic E-state index is 12.4. The lowest BCUT2D eigenvalue weighted by Crippen LogP contribution is -2.31. The number of aryl methyl sites for hydroxylation is 1. The van der Waals surface area contributed by atoms with Crippen molar-refractivity contribution >= 4 is 34.9 Å². The van der Waals surface area contributed by atoms with Crippen LogP contribution in [0.4, 0.5) is 11.4 Å². The van der Waals surface area contributed by atoms with E-state index >= 15 is 0 Å². The van der Waals surface area contributed by atoms with Crippen LogP contribution >= 0.6 is 11.6 Å². The number of aliphatic hydroxyl groups excluding tert-OH is 1. The second kappa shape index (κ2) is 7.49. The number of rotatable bonds is 6. The van der Waals surface area contributed by atoms with Crippen LogP contribution in [-0.4, -0.2) is 53.6 Å². The average molecular weight is 370 g/mol. The van der Waals surface area contributed by atoms with Crippen molar-refractivity contribution in [1.29, 1.82) is 0 Å². The van der Waals surface area contributed by atoms with Crippen molar-refractivity contribution in [2.75, 3.05) is 32.1 Å². The monoisotopic (exact) mass is 369 g/mol. The third kappa shape index (κ3) is 3.72. The van der Waals surface area contributed by atoms with E-state index in [9.17, 15) is 19.7 Å².